The van der Waals surface area contributed by atoms with E-state index in [1.807, 2.05) is 0 Å². The number of aromatic amines is 2. The number of fused-ring (bicyclic) bond motifs is 1. The lowest BCUT2D eigenvalue weighted by molar-refractivity contribution is -0.139. The van der Waals surface area contributed by atoms with Gasteiger partial charge in [0.25, 0.3) is 5.56 Å². The molecule has 1 aliphatic carbocycles. The number of aromatic nitrogens is 4. The summed E-state index contributed by atoms with van der Waals surface area (Å²) in [6.07, 6.45) is 4.41. The molecule has 0 atom stereocenters. The smallest absolute Gasteiger partial charge is 0.303 e. The first-order valence-electron chi connectivity index (χ1n) is 6.94. The number of aliphatic carboxylic acids is 1. The van der Waals surface area contributed by atoms with Crippen molar-refractivity contribution >= 4 is 23.1 Å². The van der Waals surface area contributed by atoms with Crippen LogP contribution in [0.4, 0.5) is 5.95 Å². The molecule has 1 aliphatic rings. The lowest BCUT2D eigenvalue weighted by atomic mass is 9.79. The maximum Gasteiger partial charge on any atom is 0.303 e. The zero-order chi connectivity index (χ0) is 15.0. The number of anilines is 1. The molecule has 3 rings (SSSR count). The number of nitrogens with two attached hydrogens (primary N) is 1. The van der Waals surface area contributed by atoms with E-state index in [2.05, 4.69) is 19.9 Å². The Hall–Kier alpha value is -2.38. The molecule has 0 radical (unpaired) electrons. The van der Waals surface area contributed by atoms with Gasteiger partial charge in [0.15, 0.2) is 11.2 Å². The van der Waals surface area contributed by atoms with E-state index in [0.29, 0.717) is 12.2 Å². The Morgan fingerprint density at radius 2 is 2.00 bits per heavy atom. The lowest BCUT2D eigenvalue weighted by Crippen LogP contribution is -2.24. The van der Waals surface area contributed by atoms with E-state index in [4.69, 9.17) is 10.8 Å². The molecular weight excluding hydrogens is 274 g/mol. The van der Waals surface area contributed by atoms with Crippen molar-refractivity contribution in [2.24, 2.45) is 5.41 Å². The molecule has 0 unspecified atom stereocenters. The number of carboxylic acids is 1. The molecule has 8 heteroatoms. The monoisotopic (exact) mass is 291 g/mol. The van der Waals surface area contributed by atoms with Gasteiger partial charge in [0.1, 0.15) is 5.82 Å². The van der Waals surface area contributed by atoms with Crippen molar-refractivity contribution in [3.05, 3.63) is 16.2 Å². The first-order valence-corrected chi connectivity index (χ1v) is 6.94. The molecule has 0 aliphatic heterocycles. The minimum absolute atomic E-state index is 0.0201. The van der Waals surface area contributed by atoms with E-state index >= 15 is 0 Å². The third-order valence-corrected chi connectivity index (χ3v) is 4.16. The molecule has 112 valence electrons. The minimum atomic E-state index is -0.798. The van der Waals surface area contributed by atoms with E-state index in [0.717, 1.165) is 25.7 Å². The topological polar surface area (TPSA) is 138 Å². The van der Waals surface area contributed by atoms with Crippen LogP contribution in [0.2, 0.25) is 0 Å². The second kappa shape index (κ2) is 4.87. The summed E-state index contributed by atoms with van der Waals surface area (Å²) in [6.45, 7) is 0. The van der Waals surface area contributed by atoms with Crippen LogP contribution in [0.3, 0.4) is 0 Å². The summed E-state index contributed by atoms with van der Waals surface area (Å²) < 4.78 is 0. The number of nitrogen functional groups attached to an aromatic ring is 1. The third kappa shape index (κ3) is 2.61. The van der Waals surface area contributed by atoms with Crippen LogP contribution >= 0.6 is 0 Å². The average Bonchev–Trinajstić information content (AvgIpc) is 2.95. The summed E-state index contributed by atoms with van der Waals surface area (Å²) in [7, 11) is 0. The van der Waals surface area contributed by atoms with Crippen molar-refractivity contribution in [1.82, 2.24) is 19.9 Å². The van der Waals surface area contributed by atoms with E-state index in [-0.39, 0.29) is 34.5 Å². The third-order valence-electron chi connectivity index (χ3n) is 4.16. The molecular formula is C13H17N5O3. The molecule has 0 aromatic carbocycles. The number of H-pyrrole nitrogens is 2. The predicted octanol–water partition coefficient (Wildman–Crippen LogP) is 0.806. The molecule has 1 saturated carbocycles. The number of hydrogen-bond acceptors (Lipinski definition) is 5. The van der Waals surface area contributed by atoms with Crippen LogP contribution in [0.15, 0.2) is 4.79 Å². The SMILES string of the molecule is Nc1nc2nc(CC3(CC(=O)O)CCCC3)[nH]c2c(=O)[nH]1. The maximum atomic E-state index is 11.8. The number of nitrogens with one attached hydrogen (secondary N) is 2. The highest BCUT2D eigenvalue weighted by molar-refractivity contribution is 5.70. The van der Waals surface area contributed by atoms with Gasteiger partial charge in [-0.1, -0.05) is 12.8 Å². The average molecular weight is 291 g/mol. The molecule has 8 nitrogen and oxygen atoms in total. The van der Waals surface area contributed by atoms with Gasteiger partial charge in [-0.2, -0.15) is 4.98 Å². The van der Waals surface area contributed by atoms with Crippen LogP contribution in [-0.4, -0.2) is 31.0 Å². The lowest BCUT2D eigenvalue weighted by Gasteiger charge is -2.25. The largest absolute Gasteiger partial charge is 0.481 e. The van der Waals surface area contributed by atoms with Crippen molar-refractivity contribution in [3.63, 3.8) is 0 Å². The Kier molecular flexibility index (Phi) is 3.15. The van der Waals surface area contributed by atoms with E-state index in [1.54, 1.807) is 0 Å². The molecule has 2 aromatic heterocycles. The Morgan fingerprint density at radius 3 is 2.67 bits per heavy atom. The van der Waals surface area contributed by atoms with Gasteiger partial charge < -0.3 is 15.8 Å². The van der Waals surface area contributed by atoms with Crippen LogP contribution < -0.4 is 11.3 Å². The van der Waals surface area contributed by atoms with E-state index in [9.17, 15) is 9.59 Å². The first kappa shape index (κ1) is 13.6. The van der Waals surface area contributed by atoms with E-state index in [1.165, 1.54) is 0 Å². The molecule has 1 fully saturated rings. The second-order valence-corrected chi connectivity index (χ2v) is 5.79. The Labute approximate surface area is 119 Å². The summed E-state index contributed by atoms with van der Waals surface area (Å²) in [5, 5.41) is 9.12. The van der Waals surface area contributed by atoms with Gasteiger partial charge in [-0.15, -0.1) is 0 Å². The van der Waals surface area contributed by atoms with Crippen LogP contribution in [-0.2, 0) is 11.2 Å². The molecule has 2 heterocycles. The van der Waals surface area contributed by atoms with Gasteiger partial charge in [0.05, 0.1) is 6.42 Å². The van der Waals surface area contributed by atoms with Crippen LogP contribution in [0.25, 0.3) is 11.2 Å². The van der Waals surface area contributed by atoms with Gasteiger partial charge >= 0.3 is 5.97 Å². The predicted molar refractivity (Wildman–Crippen MR) is 75.8 cm³/mol. The Bertz CT molecular complexity index is 742. The molecule has 21 heavy (non-hydrogen) atoms. The van der Waals surface area contributed by atoms with E-state index < -0.39 is 5.97 Å². The number of nitrogens with zero attached hydrogens (tertiary/aromatic N) is 2. The van der Waals surface area contributed by atoms with Gasteiger partial charge in [0.2, 0.25) is 5.95 Å². The summed E-state index contributed by atoms with van der Waals surface area (Å²) in [6, 6.07) is 0. The zero-order valence-corrected chi connectivity index (χ0v) is 11.5. The number of carboxylic acid groups (broad SMARTS) is 1. The molecule has 0 amide bonds. The Balaban J connectivity index is 1.95. The highest BCUT2D eigenvalue weighted by Crippen LogP contribution is 2.43. The normalized spacial score (nSPS) is 17.3. The number of carbonyl (C=O) groups is 1. The van der Waals surface area contributed by atoms with Crippen LogP contribution in [0.1, 0.15) is 37.9 Å². The summed E-state index contributed by atoms with van der Waals surface area (Å²) in [5.41, 5.74) is 5.40. The van der Waals surface area contributed by atoms with Crippen LogP contribution in [0.5, 0.6) is 0 Å². The molecule has 5 N–H and O–H groups in total. The van der Waals surface area contributed by atoms with Gasteiger partial charge in [0, 0.05) is 6.42 Å². The quantitative estimate of drug-likeness (QED) is 0.657. The molecule has 0 bridgehead atoms. The maximum absolute atomic E-state index is 11.8. The Morgan fingerprint density at radius 1 is 1.29 bits per heavy atom. The number of hydrogen-bond donors (Lipinski definition) is 4. The minimum Gasteiger partial charge on any atom is -0.481 e. The summed E-state index contributed by atoms with van der Waals surface area (Å²) in [4.78, 5) is 36.5. The zero-order valence-electron chi connectivity index (χ0n) is 11.5. The van der Waals surface area contributed by atoms with Gasteiger partial charge in [-0.25, -0.2) is 4.98 Å². The summed E-state index contributed by atoms with van der Waals surface area (Å²) >= 11 is 0. The second-order valence-electron chi connectivity index (χ2n) is 5.79. The van der Waals surface area contributed by atoms with Gasteiger partial charge in [-0.3, -0.25) is 14.6 Å². The highest BCUT2D eigenvalue weighted by Gasteiger charge is 2.37. The van der Waals surface area contributed by atoms with Crippen LogP contribution in [0, 0.1) is 5.41 Å². The fraction of sp³-hybridized carbons (Fsp3) is 0.538. The standard InChI is InChI=1S/C13H17N5O3/c14-12-17-10-9(11(21)18-12)15-7(16-10)5-13(6-8(19)20)3-1-2-4-13/h1-6H2,(H,19,20)(H4,14,15,16,17,18,21). The van der Waals surface area contributed by atoms with Crippen molar-refractivity contribution < 1.29 is 9.90 Å². The van der Waals surface area contributed by atoms with Crippen molar-refractivity contribution in [2.75, 3.05) is 5.73 Å². The van der Waals surface area contributed by atoms with Crippen molar-refractivity contribution in [2.45, 2.75) is 38.5 Å². The fourth-order valence-electron chi connectivity index (χ4n) is 3.27. The van der Waals surface area contributed by atoms with Crippen molar-refractivity contribution in [3.8, 4) is 0 Å². The molecule has 0 spiro atoms. The van der Waals surface area contributed by atoms with Gasteiger partial charge in [-0.05, 0) is 18.3 Å². The van der Waals surface area contributed by atoms with Crippen molar-refractivity contribution in [1.29, 1.82) is 0 Å². The number of rotatable bonds is 4. The number of imidazole rings is 1. The highest BCUT2D eigenvalue weighted by atomic mass is 16.4. The summed E-state index contributed by atoms with van der Waals surface area (Å²) in [5.74, 6) is -0.184. The molecule has 0 saturated heterocycles. The fourth-order valence-corrected chi connectivity index (χ4v) is 3.27. The first-order chi connectivity index (χ1) is 9.97. The molecule has 2 aromatic rings.